The molecule has 0 saturated heterocycles. The normalized spacial score (nSPS) is 10.7. The minimum atomic E-state index is -0.307. The van der Waals surface area contributed by atoms with E-state index in [9.17, 15) is 4.79 Å². The highest BCUT2D eigenvalue weighted by Crippen LogP contribution is 2.17. The van der Waals surface area contributed by atoms with Crippen molar-refractivity contribution in [2.45, 2.75) is 13.1 Å². The van der Waals surface area contributed by atoms with Crippen molar-refractivity contribution in [3.8, 4) is 11.6 Å². The van der Waals surface area contributed by atoms with Crippen LogP contribution in [0.3, 0.4) is 0 Å². The van der Waals surface area contributed by atoms with Crippen LogP contribution < -0.4 is 10.1 Å². The Hall–Kier alpha value is -3.58. The number of ether oxygens (including phenoxy) is 1. The van der Waals surface area contributed by atoms with Crippen molar-refractivity contribution < 1.29 is 9.53 Å². The maximum Gasteiger partial charge on any atom is 0.276 e. The second kappa shape index (κ2) is 8.84. The second-order valence-electron chi connectivity index (χ2n) is 6.67. The van der Waals surface area contributed by atoms with Crippen LogP contribution in [0.4, 0.5) is 0 Å². The number of nitrogens with zero attached hydrogens (tertiary/aromatic N) is 4. The lowest BCUT2D eigenvalue weighted by atomic mass is 10.2. The van der Waals surface area contributed by atoms with Crippen LogP contribution in [-0.2, 0) is 13.1 Å². The van der Waals surface area contributed by atoms with Crippen LogP contribution in [0.5, 0.6) is 5.75 Å². The number of carbonyl (C=O) groups excluding carboxylic acids is 1. The van der Waals surface area contributed by atoms with Crippen molar-refractivity contribution in [1.82, 2.24) is 24.9 Å². The summed E-state index contributed by atoms with van der Waals surface area (Å²) >= 11 is 6.10. The fourth-order valence-corrected chi connectivity index (χ4v) is 3.36. The van der Waals surface area contributed by atoms with Gasteiger partial charge in [0.2, 0.25) is 0 Å². The Bertz CT molecular complexity index is 1150. The first-order chi connectivity index (χ1) is 14.6. The number of aromatic nitrogens is 4. The molecule has 0 unspecified atom stereocenters. The molecule has 1 amide bonds. The molecule has 8 heteroatoms. The quantitative estimate of drug-likeness (QED) is 0.493. The molecule has 0 saturated carbocycles. The molecule has 2 aromatic heterocycles. The lowest BCUT2D eigenvalue weighted by molar-refractivity contribution is 0.0945. The van der Waals surface area contributed by atoms with Gasteiger partial charge in [-0.25, -0.2) is 4.68 Å². The predicted octanol–water partition coefficient (Wildman–Crippen LogP) is 3.71. The van der Waals surface area contributed by atoms with Crippen LogP contribution in [0, 0.1) is 0 Å². The lowest BCUT2D eigenvalue weighted by Gasteiger charge is -2.10. The Morgan fingerprint density at radius 2 is 1.83 bits per heavy atom. The molecule has 1 N–H and O–H groups in total. The minimum Gasteiger partial charge on any atom is -0.497 e. The minimum absolute atomic E-state index is 0.246. The van der Waals surface area contributed by atoms with Crippen molar-refractivity contribution in [2.24, 2.45) is 0 Å². The topological polar surface area (TPSA) is 74.0 Å². The molecule has 2 heterocycles. The first-order valence-corrected chi connectivity index (χ1v) is 9.74. The molecule has 0 aliphatic rings. The van der Waals surface area contributed by atoms with E-state index < -0.39 is 0 Å². The monoisotopic (exact) mass is 421 g/mol. The molecule has 0 radical (unpaired) electrons. The lowest BCUT2D eigenvalue weighted by Crippen LogP contribution is -2.25. The number of benzene rings is 2. The third-order valence-electron chi connectivity index (χ3n) is 4.58. The summed E-state index contributed by atoms with van der Waals surface area (Å²) in [5.41, 5.74) is 2.14. The van der Waals surface area contributed by atoms with E-state index in [1.54, 1.807) is 11.8 Å². The van der Waals surface area contributed by atoms with Crippen LogP contribution in [0.15, 0.2) is 73.1 Å². The molecule has 4 aromatic rings. The van der Waals surface area contributed by atoms with E-state index in [0.29, 0.717) is 23.9 Å². The average Bonchev–Trinajstić information content (AvgIpc) is 3.42. The molecule has 0 fully saturated rings. The zero-order valence-electron chi connectivity index (χ0n) is 16.3. The van der Waals surface area contributed by atoms with Gasteiger partial charge in [-0.2, -0.15) is 0 Å². The van der Waals surface area contributed by atoms with Crippen LogP contribution in [0.25, 0.3) is 5.82 Å². The van der Waals surface area contributed by atoms with Gasteiger partial charge in [-0.3, -0.25) is 4.79 Å². The number of amides is 1. The van der Waals surface area contributed by atoms with Crippen LogP contribution in [0.2, 0.25) is 5.02 Å². The molecular weight excluding hydrogens is 402 g/mol. The van der Waals surface area contributed by atoms with E-state index in [4.69, 9.17) is 16.3 Å². The summed E-state index contributed by atoms with van der Waals surface area (Å²) in [5, 5.41) is 11.9. The molecular formula is C22H20ClN5O2. The Labute approximate surface area is 178 Å². The van der Waals surface area contributed by atoms with E-state index in [-0.39, 0.29) is 11.6 Å². The summed E-state index contributed by atoms with van der Waals surface area (Å²) in [7, 11) is 1.61. The fourth-order valence-electron chi connectivity index (χ4n) is 3.15. The highest BCUT2D eigenvalue weighted by Gasteiger charge is 2.21. The van der Waals surface area contributed by atoms with E-state index in [1.807, 2.05) is 77.6 Å². The van der Waals surface area contributed by atoms with E-state index >= 15 is 0 Å². The number of halogens is 1. The van der Waals surface area contributed by atoms with Gasteiger partial charge in [0.15, 0.2) is 11.5 Å². The van der Waals surface area contributed by atoms with Crippen LogP contribution >= 0.6 is 11.6 Å². The highest BCUT2D eigenvalue weighted by molar-refractivity contribution is 6.30. The molecule has 0 aliphatic carbocycles. The van der Waals surface area contributed by atoms with Gasteiger partial charge in [0.05, 0.1) is 13.7 Å². The fraction of sp³-hybridized carbons (Fsp3) is 0.136. The van der Waals surface area contributed by atoms with Crippen molar-refractivity contribution in [3.05, 3.63) is 94.9 Å². The smallest absolute Gasteiger partial charge is 0.276 e. The van der Waals surface area contributed by atoms with Crippen LogP contribution in [0.1, 0.15) is 21.6 Å². The van der Waals surface area contributed by atoms with Gasteiger partial charge in [0.25, 0.3) is 5.91 Å². The van der Waals surface area contributed by atoms with Gasteiger partial charge in [0.1, 0.15) is 5.75 Å². The highest BCUT2D eigenvalue weighted by atomic mass is 35.5. The van der Waals surface area contributed by atoms with Crippen LogP contribution in [-0.4, -0.2) is 32.6 Å². The standard InChI is InChI=1S/C22H20ClN5O2/c1-30-19-9-5-6-16(13-19)14-24-21(29)20-22(27-10-2-3-11-27)28(26-25-20)15-17-7-4-8-18(23)12-17/h2-13H,14-15H2,1H3,(H,24,29). The second-order valence-corrected chi connectivity index (χ2v) is 7.11. The van der Waals surface area contributed by atoms with Gasteiger partial charge < -0.3 is 14.6 Å². The number of nitrogens with one attached hydrogen (secondary N) is 1. The molecule has 152 valence electrons. The Morgan fingerprint density at radius 3 is 2.60 bits per heavy atom. The number of hydrogen-bond acceptors (Lipinski definition) is 4. The number of methoxy groups -OCH3 is 1. The average molecular weight is 422 g/mol. The van der Waals surface area contributed by atoms with E-state index in [2.05, 4.69) is 15.6 Å². The zero-order valence-corrected chi connectivity index (χ0v) is 17.1. The molecule has 30 heavy (non-hydrogen) atoms. The summed E-state index contributed by atoms with van der Waals surface area (Å²) in [4.78, 5) is 12.9. The van der Waals surface area contributed by atoms with Gasteiger partial charge in [-0.15, -0.1) is 5.10 Å². The molecule has 0 bridgehead atoms. The summed E-state index contributed by atoms with van der Waals surface area (Å²) in [6.07, 6.45) is 3.71. The number of carbonyl (C=O) groups is 1. The first-order valence-electron chi connectivity index (χ1n) is 9.36. The summed E-state index contributed by atoms with van der Waals surface area (Å²) in [5.74, 6) is 1.02. The van der Waals surface area contributed by atoms with E-state index in [1.165, 1.54) is 0 Å². The van der Waals surface area contributed by atoms with Crippen molar-refractivity contribution in [2.75, 3.05) is 7.11 Å². The molecule has 0 aliphatic heterocycles. The van der Waals surface area contributed by atoms with E-state index in [0.717, 1.165) is 16.9 Å². The summed E-state index contributed by atoms with van der Waals surface area (Å²) in [6.45, 7) is 0.784. The first kappa shape index (κ1) is 19.7. The molecule has 0 atom stereocenters. The molecule has 4 rings (SSSR count). The third-order valence-corrected chi connectivity index (χ3v) is 4.82. The summed E-state index contributed by atoms with van der Waals surface area (Å²) < 4.78 is 8.74. The van der Waals surface area contributed by atoms with Gasteiger partial charge in [0, 0.05) is 24.0 Å². The number of hydrogen-bond donors (Lipinski definition) is 1. The summed E-state index contributed by atoms with van der Waals surface area (Å²) in [6, 6.07) is 18.8. The molecule has 7 nitrogen and oxygen atoms in total. The van der Waals surface area contributed by atoms with Crippen molar-refractivity contribution in [3.63, 3.8) is 0 Å². The van der Waals surface area contributed by atoms with Gasteiger partial charge in [-0.1, -0.05) is 41.1 Å². The third kappa shape index (κ3) is 4.36. The SMILES string of the molecule is COc1cccc(CNC(=O)c2nnn(Cc3cccc(Cl)c3)c2-n2cccc2)c1. The predicted molar refractivity (Wildman–Crippen MR) is 114 cm³/mol. The largest absolute Gasteiger partial charge is 0.497 e. The Balaban J connectivity index is 1.59. The van der Waals surface area contributed by atoms with Crippen molar-refractivity contribution >= 4 is 17.5 Å². The maximum absolute atomic E-state index is 12.9. The zero-order chi connectivity index (χ0) is 20.9. The van der Waals surface area contributed by atoms with Gasteiger partial charge in [-0.05, 0) is 47.5 Å². The molecule has 0 spiro atoms. The maximum atomic E-state index is 12.9. The Kier molecular flexibility index (Phi) is 5.81. The van der Waals surface area contributed by atoms with Gasteiger partial charge >= 0.3 is 0 Å². The molecule has 2 aromatic carbocycles. The number of rotatable bonds is 7. The Morgan fingerprint density at radius 1 is 1.07 bits per heavy atom. The van der Waals surface area contributed by atoms with Crippen molar-refractivity contribution in [1.29, 1.82) is 0 Å².